The lowest BCUT2D eigenvalue weighted by atomic mass is 9.42. The van der Waals surface area contributed by atoms with E-state index in [1.165, 1.54) is 0 Å². The number of ether oxygens (including phenoxy) is 1. The third kappa shape index (κ3) is 5.66. The van der Waals surface area contributed by atoms with Crippen LogP contribution in [0.3, 0.4) is 0 Å². The summed E-state index contributed by atoms with van der Waals surface area (Å²) in [5.74, 6) is -1.11. The number of aromatic hydroxyl groups is 1. The normalized spacial score (nSPS) is 15.5. The van der Waals surface area contributed by atoms with Crippen LogP contribution >= 0.6 is 23.2 Å². The number of halogens is 4. The molecule has 0 saturated heterocycles. The Morgan fingerprint density at radius 1 is 1.22 bits per heavy atom. The van der Waals surface area contributed by atoms with Gasteiger partial charge in [0.2, 0.25) is 15.9 Å². The Balaban J connectivity index is 1.64. The zero-order chi connectivity index (χ0) is 27.3. The third-order valence-electron chi connectivity index (χ3n) is 5.52. The lowest BCUT2D eigenvalue weighted by Crippen LogP contribution is -2.47. The first-order valence-electron chi connectivity index (χ1n) is 10.6. The third-order valence-corrected chi connectivity index (χ3v) is 7.64. The zero-order valence-corrected chi connectivity index (χ0v) is 21.5. The second kappa shape index (κ2) is 9.74. The number of sulfonamides is 1. The van der Waals surface area contributed by atoms with Crippen LogP contribution in [0.4, 0.5) is 8.78 Å². The van der Waals surface area contributed by atoms with Crippen molar-refractivity contribution >= 4 is 48.9 Å². The second-order valence-electron chi connectivity index (χ2n) is 9.08. The summed E-state index contributed by atoms with van der Waals surface area (Å²) in [4.78, 5) is 28.7. The number of H-pyrrole nitrogens is 1. The maximum atomic E-state index is 13.1. The Morgan fingerprint density at radius 3 is 2.41 bits per heavy atom. The van der Waals surface area contributed by atoms with E-state index in [0.29, 0.717) is 17.5 Å². The molecule has 0 spiro atoms. The molecule has 1 saturated carbocycles. The molecule has 1 aliphatic carbocycles. The van der Waals surface area contributed by atoms with Gasteiger partial charge in [-0.25, -0.2) is 31.7 Å². The molecule has 18 heteroatoms. The number of hydrogen-bond acceptors (Lipinski definition) is 8. The number of aromatic amines is 1. The van der Waals surface area contributed by atoms with E-state index in [2.05, 4.69) is 14.8 Å². The molecule has 1 aliphatic rings. The van der Waals surface area contributed by atoms with Crippen LogP contribution in [-0.2, 0) is 10.0 Å². The monoisotopic (exact) mass is 573 g/mol. The molecule has 0 unspecified atom stereocenters. The van der Waals surface area contributed by atoms with Crippen molar-refractivity contribution in [3.8, 4) is 23.1 Å². The van der Waals surface area contributed by atoms with E-state index < -0.39 is 44.0 Å². The average Bonchev–Trinajstić information content (AvgIpc) is 2.75. The fraction of sp³-hybridized carbons (Fsp3) is 0.263. The molecule has 2 heterocycles. The maximum Gasteiger partial charge on any atom is 0.349 e. The molecule has 37 heavy (non-hydrogen) atoms. The summed E-state index contributed by atoms with van der Waals surface area (Å²) in [5.41, 5.74) is -3.81. The van der Waals surface area contributed by atoms with Crippen LogP contribution in [0.2, 0.25) is 15.3 Å². The summed E-state index contributed by atoms with van der Waals surface area (Å²) in [5, 5.41) is 13.0. The maximum absolute atomic E-state index is 13.1. The minimum absolute atomic E-state index is 0.0120. The summed E-state index contributed by atoms with van der Waals surface area (Å²) >= 11 is 12.4. The second-order valence-corrected chi connectivity index (χ2v) is 11.6. The van der Waals surface area contributed by atoms with E-state index in [-0.39, 0.29) is 38.6 Å². The lowest BCUT2D eigenvalue weighted by Gasteiger charge is -2.42. The number of alkyl halides is 2. The number of hydrogen-bond donors (Lipinski definition) is 3. The van der Waals surface area contributed by atoms with Crippen LogP contribution < -0.4 is 20.7 Å². The lowest BCUT2D eigenvalue weighted by molar-refractivity contribution is 0.141. The topological polar surface area (TPSA) is 156 Å². The van der Waals surface area contributed by atoms with Crippen molar-refractivity contribution in [3.05, 3.63) is 61.0 Å². The van der Waals surface area contributed by atoms with Crippen LogP contribution in [0.15, 0.2) is 38.9 Å². The first-order valence-corrected chi connectivity index (χ1v) is 12.8. The van der Waals surface area contributed by atoms with Crippen molar-refractivity contribution in [2.24, 2.45) is 0 Å². The van der Waals surface area contributed by atoms with Gasteiger partial charge in [0.15, 0.2) is 17.2 Å². The number of pyridine rings is 1. The van der Waals surface area contributed by atoms with E-state index in [1.54, 1.807) is 4.98 Å². The molecule has 3 N–H and O–H groups in total. The molecule has 0 amide bonds. The van der Waals surface area contributed by atoms with Gasteiger partial charge in [-0.05, 0) is 25.0 Å². The summed E-state index contributed by atoms with van der Waals surface area (Å²) in [6, 6.07) is 2.89. The molecule has 0 radical (unpaired) electrons. The van der Waals surface area contributed by atoms with E-state index >= 15 is 0 Å². The number of nitrogens with one attached hydrogen (secondary N) is 2. The SMILES string of the molecule is BC1(B)CC(NS(=O)(=O)c2cc(Oc3c(Cl)cc(-n4nc(C(F)F)c(=O)[nH]c4=O)cc3Cl)ncc2O)C1. The minimum atomic E-state index is -4.12. The van der Waals surface area contributed by atoms with Gasteiger partial charge in [0, 0.05) is 12.1 Å². The van der Waals surface area contributed by atoms with Crippen LogP contribution in [0.1, 0.15) is 25.0 Å². The summed E-state index contributed by atoms with van der Waals surface area (Å²) in [7, 11) is -0.106. The Bertz CT molecular complexity index is 1590. The van der Waals surface area contributed by atoms with Crippen molar-refractivity contribution in [1.29, 1.82) is 0 Å². The Hall–Kier alpha value is -2.94. The number of aromatic nitrogens is 4. The van der Waals surface area contributed by atoms with Gasteiger partial charge in [-0.15, -0.1) is 0 Å². The molecule has 0 atom stereocenters. The van der Waals surface area contributed by atoms with Gasteiger partial charge in [-0.2, -0.15) is 9.78 Å². The fourth-order valence-corrected chi connectivity index (χ4v) is 5.79. The van der Waals surface area contributed by atoms with E-state index in [4.69, 9.17) is 27.9 Å². The van der Waals surface area contributed by atoms with Gasteiger partial charge >= 0.3 is 5.69 Å². The van der Waals surface area contributed by atoms with Crippen LogP contribution in [0.5, 0.6) is 17.4 Å². The van der Waals surface area contributed by atoms with Gasteiger partial charge in [0.1, 0.15) is 4.90 Å². The molecule has 194 valence electrons. The predicted molar refractivity (Wildman–Crippen MR) is 135 cm³/mol. The Kier molecular flexibility index (Phi) is 7.14. The van der Waals surface area contributed by atoms with Crippen molar-refractivity contribution in [2.45, 2.75) is 35.4 Å². The standard InChI is InChI=1S/C19H17B2Cl2F2N5O6S/c20-19(21)4-7(5-19)29-37(34,35)12-3-13(26-6-11(12)31)36-15-9(22)1-8(2-10(15)23)30-18(33)27-17(32)14(28-30)16(24)25/h1-3,6-7,16,29,31H,4-5,20-21H2,(H,27,32,33). The summed E-state index contributed by atoms with van der Waals surface area (Å²) in [6.07, 6.45) is -1.11. The molecular formula is C19H17B2Cl2F2N5O6S. The quantitative estimate of drug-likeness (QED) is 0.352. The summed E-state index contributed by atoms with van der Waals surface area (Å²) < 4.78 is 60.3. The molecule has 1 fully saturated rings. The molecule has 3 aromatic rings. The fourth-order valence-electron chi connectivity index (χ4n) is 3.92. The van der Waals surface area contributed by atoms with Gasteiger partial charge in [-0.1, -0.05) is 28.4 Å². The molecule has 0 aliphatic heterocycles. The first-order chi connectivity index (χ1) is 17.2. The smallest absolute Gasteiger partial charge is 0.349 e. The van der Waals surface area contributed by atoms with Gasteiger partial charge in [-0.3, -0.25) is 9.78 Å². The van der Waals surface area contributed by atoms with Crippen molar-refractivity contribution < 1.29 is 27.0 Å². The molecule has 4 rings (SSSR count). The van der Waals surface area contributed by atoms with E-state index in [0.717, 1.165) is 24.4 Å². The summed E-state index contributed by atoms with van der Waals surface area (Å²) in [6.45, 7) is 0. The van der Waals surface area contributed by atoms with Crippen molar-refractivity contribution in [1.82, 2.24) is 24.5 Å². The zero-order valence-electron chi connectivity index (χ0n) is 19.1. The predicted octanol–water partition coefficient (Wildman–Crippen LogP) is 0.881. The molecule has 0 bridgehead atoms. The van der Waals surface area contributed by atoms with E-state index in [9.17, 15) is 31.9 Å². The largest absolute Gasteiger partial charge is 0.505 e. The molecule has 2 aromatic heterocycles. The first kappa shape index (κ1) is 27.1. The Morgan fingerprint density at radius 2 is 1.84 bits per heavy atom. The van der Waals surface area contributed by atoms with Crippen LogP contribution in [0.25, 0.3) is 5.69 Å². The molecule has 1 aromatic carbocycles. The molecular weight excluding hydrogens is 557 g/mol. The Labute approximate surface area is 219 Å². The highest BCUT2D eigenvalue weighted by molar-refractivity contribution is 7.89. The number of nitrogens with zero attached hydrogens (tertiary/aromatic N) is 3. The highest BCUT2D eigenvalue weighted by Crippen LogP contribution is 2.43. The van der Waals surface area contributed by atoms with Crippen molar-refractivity contribution in [2.75, 3.05) is 0 Å². The highest BCUT2D eigenvalue weighted by Gasteiger charge is 2.38. The number of benzene rings is 1. The number of rotatable bonds is 7. The average molecular weight is 574 g/mol. The molecule has 11 nitrogen and oxygen atoms in total. The highest BCUT2D eigenvalue weighted by atomic mass is 35.5. The van der Waals surface area contributed by atoms with Crippen molar-refractivity contribution in [3.63, 3.8) is 0 Å². The van der Waals surface area contributed by atoms with Crippen LogP contribution in [-0.4, -0.2) is 55.0 Å². The van der Waals surface area contributed by atoms with Gasteiger partial charge in [0.25, 0.3) is 12.0 Å². The van der Waals surface area contributed by atoms with E-state index in [1.807, 2.05) is 15.7 Å². The van der Waals surface area contributed by atoms with Crippen LogP contribution in [0, 0.1) is 0 Å². The van der Waals surface area contributed by atoms with Gasteiger partial charge < -0.3 is 9.84 Å². The van der Waals surface area contributed by atoms with Gasteiger partial charge in [0.05, 0.1) is 37.6 Å². The minimum Gasteiger partial charge on any atom is -0.505 e.